The largest absolute Gasteiger partial charge is 0.481 e. The van der Waals surface area contributed by atoms with Crippen molar-refractivity contribution in [3.63, 3.8) is 0 Å². The molecule has 1 unspecified atom stereocenters. The van der Waals surface area contributed by atoms with E-state index in [2.05, 4.69) is 15.5 Å². The highest BCUT2D eigenvalue weighted by atomic mass is 16.5. The van der Waals surface area contributed by atoms with Gasteiger partial charge < -0.3 is 9.84 Å². The first kappa shape index (κ1) is 14.6. The predicted octanol–water partition coefficient (Wildman–Crippen LogP) is 0.753. The Morgan fingerprint density at radius 2 is 2.22 bits per heavy atom. The lowest BCUT2D eigenvalue weighted by Gasteiger charge is -2.22. The van der Waals surface area contributed by atoms with Gasteiger partial charge in [0.25, 0.3) is 0 Å². The molecule has 1 aromatic rings. The van der Waals surface area contributed by atoms with Gasteiger partial charge in [-0.25, -0.2) is 4.68 Å². The molecular formula is C11H20N4O3. The summed E-state index contributed by atoms with van der Waals surface area (Å²) in [5, 5.41) is 20.6. The maximum absolute atomic E-state index is 11.2. The number of rotatable bonds is 8. The van der Waals surface area contributed by atoms with Crippen LogP contribution in [-0.2, 0) is 22.5 Å². The Morgan fingerprint density at radius 1 is 1.50 bits per heavy atom. The molecule has 0 bridgehead atoms. The number of ether oxygens (including phenoxy) is 1. The Morgan fingerprint density at radius 3 is 2.78 bits per heavy atom. The van der Waals surface area contributed by atoms with E-state index in [1.807, 2.05) is 13.8 Å². The minimum Gasteiger partial charge on any atom is -0.481 e. The highest BCUT2D eigenvalue weighted by Crippen LogP contribution is 2.23. The normalized spacial score (nSPS) is 14.4. The molecule has 1 N–H and O–H groups in total. The van der Waals surface area contributed by atoms with Gasteiger partial charge >= 0.3 is 5.97 Å². The van der Waals surface area contributed by atoms with Crippen molar-refractivity contribution in [2.45, 2.75) is 40.2 Å². The summed E-state index contributed by atoms with van der Waals surface area (Å²) in [6, 6.07) is 0. The molecule has 18 heavy (non-hydrogen) atoms. The fraction of sp³-hybridized carbons (Fsp3) is 0.818. The first-order valence-electron chi connectivity index (χ1n) is 6.09. The molecule has 7 heteroatoms. The molecule has 0 spiro atoms. The number of hydrogen-bond donors (Lipinski definition) is 1. The summed E-state index contributed by atoms with van der Waals surface area (Å²) >= 11 is 0. The molecule has 0 amide bonds. The van der Waals surface area contributed by atoms with Gasteiger partial charge in [0.05, 0.1) is 18.6 Å². The maximum atomic E-state index is 11.2. The van der Waals surface area contributed by atoms with Gasteiger partial charge in [0.2, 0.25) is 0 Å². The van der Waals surface area contributed by atoms with E-state index in [0.29, 0.717) is 31.9 Å². The topological polar surface area (TPSA) is 90.1 Å². The Labute approximate surface area is 106 Å². The summed E-state index contributed by atoms with van der Waals surface area (Å²) in [4.78, 5) is 11.2. The minimum absolute atomic E-state index is 0.271. The molecular weight excluding hydrogens is 236 g/mol. The fourth-order valence-corrected chi connectivity index (χ4v) is 1.49. The van der Waals surface area contributed by atoms with E-state index in [0.717, 1.165) is 0 Å². The van der Waals surface area contributed by atoms with E-state index in [1.165, 1.54) is 0 Å². The first-order chi connectivity index (χ1) is 8.53. The minimum atomic E-state index is -0.851. The number of aromatic nitrogens is 4. The number of carboxylic acid groups (broad SMARTS) is 1. The third-order valence-corrected chi connectivity index (χ3v) is 3.08. The van der Waals surface area contributed by atoms with Crippen LogP contribution < -0.4 is 0 Å². The molecule has 0 aromatic carbocycles. The fourth-order valence-electron chi connectivity index (χ4n) is 1.49. The summed E-state index contributed by atoms with van der Waals surface area (Å²) in [7, 11) is 0. The van der Waals surface area contributed by atoms with Crippen LogP contribution in [0.4, 0.5) is 0 Å². The zero-order chi connectivity index (χ0) is 13.6. The summed E-state index contributed by atoms with van der Waals surface area (Å²) in [6.45, 7) is 6.91. The van der Waals surface area contributed by atoms with E-state index >= 15 is 0 Å². The molecule has 102 valence electrons. The van der Waals surface area contributed by atoms with E-state index in [4.69, 9.17) is 4.74 Å². The molecule has 1 atom stereocenters. The van der Waals surface area contributed by atoms with Crippen LogP contribution in [0.25, 0.3) is 0 Å². The van der Waals surface area contributed by atoms with Gasteiger partial charge in [-0.2, -0.15) is 0 Å². The van der Waals surface area contributed by atoms with E-state index in [-0.39, 0.29) is 6.54 Å². The average molecular weight is 256 g/mol. The average Bonchev–Trinajstić information content (AvgIpc) is 2.76. The lowest BCUT2D eigenvalue weighted by atomic mass is 9.88. The first-order valence-corrected chi connectivity index (χ1v) is 6.09. The number of carboxylic acids is 1. The van der Waals surface area contributed by atoms with Crippen molar-refractivity contribution in [3.05, 3.63) is 5.82 Å². The molecule has 0 aliphatic carbocycles. The van der Waals surface area contributed by atoms with Gasteiger partial charge in [0.15, 0.2) is 5.82 Å². The van der Waals surface area contributed by atoms with Crippen LogP contribution in [0.1, 0.15) is 33.0 Å². The summed E-state index contributed by atoms with van der Waals surface area (Å²) < 4.78 is 6.79. The predicted molar refractivity (Wildman–Crippen MR) is 64.0 cm³/mol. The molecule has 1 heterocycles. The van der Waals surface area contributed by atoms with Crippen molar-refractivity contribution < 1.29 is 14.6 Å². The zero-order valence-electron chi connectivity index (χ0n) is 11.1. The van der Waals surface area contributed by atoms with Crippen molar-refractivity contribution >= 4 is 5.97 Å². The quantitative estimate of drug-likeness (QED) is 0.690. The standard InChI is InChI=1S/C11H20N4O3/c1-4-11(3,10(16)17)8-15-9(12-13-14-15)6-7-18-5-2/h4-8H2,1-3H3,(H,16,17). The van der Waals surface area contributed by atoms with Crippen LogP contribution in [0.5, 0.6) is 0 Å². The molecule has 1 aromatic heterocycles. The molecule has 0 aliphatic rings. The maximum Gasteiger partial charge on any atom is 0.311 e. The lowest BCUT2D eigenvalue weighted by Crippen LogP contribution is -2.33. The van der Waals surface area contributed by atoms with Gasteiger partial charge in [-0.3, -0.25) is 4.79 Å². The number of hydrogen-bond acceptors (Lipinski definition) is 5. The number of aliphatic carboxylic acids is 1. The molecule has 1 rings (SSSR count). The zero-order valence-corrected chi connectivity index (χ0v) is 11.1. The Kier molecular flexibility index (Phi) is 5.21. The van der Waals surface area contributed by atoms with Gasteiger partial charge in [0.1, 0.15) is 0 Å². The number of carbonyl (C=O) groups is 1. The van der Waals surface area contributed by atoms with E-state index < -0.39 is 11.4 Å². The number of nitrogens with zero attached hydrogens (tertiary/aromatic N) is 4. The third-order valence-electron chi connectivity index (χ3n) is 3.08. The van der Waals surface area contributed by atoms with Crippen molar-refractivity contribution in [2.75, 3.05) is 13.2 Å². The summed E-state index contributed by atoms with van der Waals surface area (Å²) in [6.07, 6.45) is 1.10. The molecule has 0 aliphatic heterocycles. The summed E-state index contributed by atoms with van der Waals surface area (Å²) in [5.74, 6) is -0.180. The number of tetrazole rings is 1. The van der Waals surface area contributed by atoms with Gasteiger partial charge in [-0.1, -0.05) is 6.92 Å². The smallest absolute Gasteiger partial charge is 0.311 e. The van der Waals surface area contributed by atoms with Crippen molar-refractivity contribution in [1.29, 1.82) is 0 Å². The second kappa shape index (κ2) is 6.44. The van der Waals surface area contributed by atoms with Crippen LogP contribution in [-0.4, -0.2) is 44.5 Å². The van der Waals surface area contributed by atoms with Crippen LogP contribution in [0, 0.1) is 5.41 Å². The van der Waals surface area contributed by atoms with Crippen molar-refractivity contribution in [1.82, 2.24) is 20.2 Å². The van der Waals surface area contributed by atoms with Crippen LogP contribution >= 0.6 is 0 Å². The van der Waals surface area contributed by atoms with Gasteiger partial charge in [0, 0.05) is 13.0 Å². The van der Waals surface area contributed by atoms with E-state index in [1.54, 1.807) is 11.6 Å². The van der Waals surface area contributed by atoms with Crippen LogP contribution in [0.2, 0.25) is 0 Å². The Bertz CT molecular complexity index is 393. The molecule has 0 saturated carbocycles. The highest BCUT2D eigenvalue weighted by Gasteiger charge is 2.32. The van der Waals surface area contributed by atoms with Gasteiger partial charge in [-0.15, -0.1) is 5.10 Å². The monoisotopic (exact) mass is 256 g/mol. The second-order valence-electron chi connectivity index (χ2n) is 4.42. The Hall–Kier alpha value is -1.50. The van der Waals surface area contributed by atoms with Crippen molar-refractivity contribution in [2.24, 2.45) is 5.41 Å². The van der Waals surface area contributed by atoms with Gasteiger partial charge in [-0.05, 0) is 30.7 Å². The highest BCUT2D eigenvalue weighted by molar-refractivity contribution is 5.73. The SMILES string of the molecule is CCOCCc1nnnn1CC(C)(CC)C(=O)O. The summed E-state index contributed by atoms with van der Waals surface area (Å²) in [5.41, 5.74) is -0.851. The second-order valence-corrected chi connectivity index (χ2v) is 4.42. The molecule has 0 fully saturated rings. The van der Waals surface area contributed by atoms with Crippen LogP contribution in [0.3, 0.4) is 0 Å². The van der Waals surface area contributed by atoms with E-state index in [9.17, 15) is 9.90 Å². The van der Waals surface area contributed by atoms with Crippen molar-refractivity contribution in [3.8, 4) is 0 Å². The Balaban J connectivity index is 2.72. The molecule has 0 saturated heterocycles. The molecule has 0 radical (unpaired) electrons. The molecule has 7 nitrogen and oxygen atoms in total. The third kappa shape index (κ3) is 3.49. The lowest BCUT2D eigenvalue weighted by molar-refractivity contribution is -0.149. The van der Waals surface area contributed by atoms with Crippen LogP contribution in [0.15, 0.2) is 0 Å².